The summed E-state index contributed by atoms with van der Waals surface area (Å²) in [6.07, 6.45) is 0.414. The lowest BCUT2D eigenvalue weighted by atomic mass is 10.3. The van der Waals surface area contributed by atoms with Crippen LogP contribution in [0.2, 0.25) is 0 Å². The molecule has 3 nitrogen and oxygen atoms in total. The second-order valence-electron chi connectivity index (χ2n) is 4.70. The highest BCUT2D eigenvalue weighted by Crippen LogP contribution is 2.37. The van der Waals surface area contributed by atoms with Crippen LogP contribution in [0.25, 0.3) is 0 Å². The Morgan fingerprint density at radius 1 is 1.31 bits per heavy atom. The van der Waals surface area contributed by atoms with Crippen molar-refractivity contribution in [3.63, 3.8) is 0 Å². The number of nitrogens with zero attached hydrogens (tertiary/aromatic N) is 1. The normalized spacial score (nSPS) is 16.2. The lowest BCUT2D eigenvalue weighted by Crippen LogP contribution is -2.35. The molecule has 0 spiro atoms. The van der Waals surface area contributed by atoms with Crippen LogP contribution in [-0.2, 0) is 15.6 Å². The van der Waals surface area contributed by atoms with Gasteiger partial charge in [-0.25, -0.2) is 8.51 Å². The van der Waals surface area contributed by atoms with Crippen LogP contribution < -0.4 is 0 Å². The van der Waals surface area contributed by atoms with Crippen molar-refractivity contribution in [2.75, 3.05) is 26.7 Å². The second-order valence-corrected chi connectivity index (χ2v) is 10.5. The van der Waals surface area contributed by atoms with E-state index in [0.29, 0.717) is 6.29 Å². The first-order chi connectivity index (χ1) is 5.54. The SMILES string of the molecule is CN(CP(C)(C)=O)S(=O)C(C)(C)C. The number of hydrogen-bond acceptors (Lipinski definition) is 2. The molecule has 0 aromatic rings. The van der Waals surface area contributed by atoms with Crippen molar-refractivity contribution in [1.29, 1.82) is 0 Å². The van der Waals surface area contributed by atoms with Gasteiger partial charge < -0.3 is 4.57 Å². The van der Waals surface area contributed by atoms with E-state index in [4.69, 9.17) is 0 Å². The van der Waals surface area contributed by atoms with Crippen molar-refractivity contribution in [3.05, 3.63) is 0 Å². The molecule has 0 aliphatic rings. The van der Waals surface area contributed by atoms with Gasteiger partial charge in [0.1, 0.15) is 0 Å². The first-order valence-electron chi connectivity index (χ1n) is 4.21. The Morgan fingerprint density at radius 2 is 1.69 bits per heavy atom. The van der Waals surface area contributed by atoms with Gasteiger partial charge in [-0.2, -0.15) is 0 Å². The predicted molar refractivity (Wildman–Crippen MR) is 60.0 cm³/mol. The van der Waals surface area contributed by atoms with Crippen LogP contribution in [0.5, 0.6) is 0 Å². The lowest BCUT2D eigenvalue weighted by molar-refractivity contribution is 0.531. The molecule has 0 N–H and O–H groups in total. The Bertz CT molecular complexity index is 241. The molecule has 1 atom stereocenters. The second kappa shape index (κ2) is 4.24. The molecule has 0 fully saturated rings. The third kappa shape index (κ3) is 5.61. The van der Waals surface area contributed by atoms with E-state index < -0.39 is 18.1 Å². The van der Waals surface area contributed by atoms with E-state index in [1.807, 2.05) is 20.8 Å². The summed E-state index contributed by atoms with van der Waals surface area (Å²) < 4.78 is 24.6. The average molecular weight is 225 g/mol. The molecule has 0 aliphatic heterocycles. The van der Waals surface area contributed by atoms with E-state index in [-0.39, 0.29) is 4.75 Å². The van der Waals surface area contributed by atoms with E-state index in [0.717, 1.165) is 0 Å². The van der Waals surface area contributed by atoms with E-state index in [2.05, 4.69) is 0 Å². The van der Waals surface area contributed by atoms with Gasteiger partial charge in [0, 0.05) is 7.05 Å². The maximum absolute atomic E-state index is 11.8. The molecule has 0 aliphatic carbocycles. The van der Waals surface area contributed by atoms with Crippen molar-refractivity contribution >= 4 is 18.1 Å². The molecule has 13 heavy (non-hydrogen) atoms. The van der Waals surface area contributed by atoms with Crippen molar-refractivity contribution in [2.45, 2.75) is 25.5 Å². The summed E-state index contributed by atoms with van der Waals surface area (Å²) in [6, 6.07) is 0. The molecule has 0 aromatic heterocycles. The minimum atomic E-state index is -2.11. The molecular formula is C8H20NO2PS. The zero-order valence-corrected chi connectivity index (χ0v) is 11.0. The summed E-state index contributed by atoms with van der Waals surface area (Å²) in [4.78, 5) is 0. The average Bonchev–Trinajstić information content (AvgIpc) is 1.79. The highest BCUT2D eigenvalue weighted by Gasteiger charge is 2.25. The van der Waals surface area contributed by atoms with E-state index >= 15 is 0 Å². The van der Waals surface area contributed by atoms with Gasteiger partial charge in [-0.3, -0.25) is 0 Å². The fourth-order valence-corrected chi connectivity index (χ4v) is 4.15. The lowest BCUT2D eigenvalue weighted by Gasteiger charge is -2.26. The molecular weight excluding hydrogens is 205 g/mol. The smallest absolute Gasteiger partial charge is 0.0999 e. The van der Waals surface area contributed by atoms with Gasteiger partial charge >= 0.3 is 0 Å². The number of rotatable bonds is 3. The molecule has 0 bridgehead atoms. The van der Waals surface area contributed by atoms with Gasteiger partial charge in [0.25, 0.3) is 0 Å². The molecule has 0 aromatic carbocycles. The molecule has 0 radical (unpaired) electrons. The molecule has 0 heterocycles. The monoisotopic (exact) mass is 225 g/mol. The van der Waals surface area contributed by atoms with Crippen LogP contribution >= 0.6 is 7.14 Å². The molecule has 0 amide bonds. The van der Waals surface area contributed by atoms with Crippen molar-refractivity contribution < 1.29 is 8.77 Å². The van der Waals surface area contributed by atoms with Crippen molar-refractivity contribution in [1.82, 2.24) is 4.31 Å². The highest BCUT2D eigenvalue weighted by atomic mass is 32.2. The van der Waals surface area contributed by atoms with Crippen LogP contribution in [0, 0.1) is 0 Å². The zero-order valence-electron chi connectivity index (χ0n) is 9.33. The van der Waals surface area contributed by atoms with Crippen LogP contribution in [0.3, 0.4) is 0 Å². The van der Waals surface area contributed by atoms with E-state index in [1.165, 1.54) is 0 Å². The molecule has 80 valence electrons. The Balaban J connectivity index is 4.38. The van der Waals surface area contributed by atoms with Crippen molar-refractivity contribution in [3.8, 4) is 0 Å². The van der Waals surface area contributed by atoms with E-state index in [1.54, 1.807) is 24.7 Å². The summed E-state index contributed by atoms with van der Waals surface area (Å²) in [7, 11) is -1.43. The predicted octanol–water partition coefficient (Wildman–Crippen LogP) is 1.96. The maximum Gasteiger partial charge on any atom is 0.0999 e. The Hall–Kier alpha value is 0.340. The van der Waals surface area contributed by atoms with E-state index in [9.17, 15) is 8.77 Å². The van der Waals surface area contributed by atoms with Crippen LogP contribution in [0.4, 0.5) is 0 Å². The summed E-state index contributed by atoms with van der Waals surface area (Å²) in [5, 5.41) is 0. The number of hydrogen-bond donors (Lipinski definition) is 0. The van der Waals surface area contributed by atoms with Crippen molar-refractivity contribution in [2.24, 2.45) is 0 Å². The summed E-state index contributed by atoms with van der Waals surface area (Å²) >= 11 is 0. The van der Waals surface area contributed by atoms with Gasteiger partial charge in [0.05, 0.1) is 29.2 Å². The maximum atomic E-state index is 11.8. The molecule has 1 unspecified atom stereocenters. The molecule has 0 rings (SSSR count). The molecule has 0 saturated carbocycles. The Labute approximate surface area is 83.9 Å². The van der Waals surface area contributed by atoms with Gasteiger partial charge in [-0.15, -0.1) is 0 Å². The first-order valence-corrected chi connectivity index (χ1v) is 8.10. The summed E-state index contributed by atoms with van der Waals surface area (Å²) in [5.41, 5.74) is 0. The third-order valence-electron chi connectivity index (χ3n) is 1.35. The topological polar surface area (TPSA) is 37.4 Å². The molecule has 0 saturated heterocycles. The quantitative estimate of drug-likeness (QED) is 0.688. The highest BCUT2D eigenvalue weighted by molar-refractivity contribution is 7.84. The Kier molecular flexibility index (Phi) is 4.35. The molecule has 5 heteroatoms. The van der Waals surface area contributed by atoms with Gasteiger partial charge in [0.2, 0.25) is 0 Å². The van der Waals surface area contributed by atoms with Gasteiger partial charge in [0.15, 0.2) is 0 Å². The summed E-state index contributed by atoms with van der Waals surface area (Å²) in [6.45, 7) is 9.16. The van der Waals surface area contributed by atoms with Crippen LogP contribution in [0.1, 0.15) is 20.8 Å². The summed E-state index contributed by atoms with van der Waals surface area (Å²) in [5.74, 6) is 0. The van der Waals surface area contributed by atoms with Gasteiger partial charge in [-0.05, 0) is 34.1 Å². The van der Waals surface area contributed by atoms with Crippen LogP contribution in [0.15, 0.2) is 0 Å². The standard InChI is InChI=1S/C8H20NO2PS/c1-8(2,3)13(11)9(4)7-12(5,6)10/h7H2,1-6H3. The minimum Gasteiger partial charge on any atom is -0.323 e. The minimum absolute atomic E-state index is 0.274. The first kappa shape index (κ1) is 13.3. The fourth-order valence-electron chi connectivity index (χ4n) is 1.000. The largest absolute Gasteiger partial charge is 0.323 e. The zero-order chi connectivity index (χ0) is 10.9. The fraction of sp³-hybridized carbons (Fsp3) is 1.00. The Morgan fingerprint density at radius 3 is 1.92 bits per heavy atom. The third-order valence-corrected chi connectivity index (χ3v) is 4.39. The van der Waals surface area contributed by atoms with Gasteiger partial charge in [-0.1, -0.05) is 0 Å². The van der Waals surface area contributed by atoms with Crippen LogP contribution in [-0.4, -0.2) is 39.9 Å².